The summed E-state index contributed by atoms with van der Waals surface area (Å²) in [6, 6.07) is 7.16. The van der Waals surface area contributed by atoms with Crippen LogP contribution in [0.5, 0.6) is 0 Å². The molecule has 0 spiro atoms. The van der Waals surface area contributed by atoms with Crippen LogP contribution in [0.15, 0.2) is 24.3 Å². The summed E-state index contributed by atoms with van der Waals surface area (Å²) < 4.78 is 5.20. The first-order chi connectivity index (χ1) is 9.06. The number of morpholine rings is 1. The Morgan fingerprint density at radius 2 is 2.26 bits per heavy atom. The van der Waals surface area contributed by atoms with Crippen molar-refractivity contribution in [3.05, 3.63) is 34.9 Å². The zero-order valence-electron chi connectivity index (χ0n) is 10.3. The third-order valence-corrected chi connectivity index (χ3v) is 3.22. The molecule has 2 N–H and O–H groups in total. The molecule has 1 fully saturated rings. The van der Waals surface area contributed by atoms with Crippen LogP contribution < -0.4 is 5.73 Å². The predicted molar refractivity (Wildman–Crippen MR) is 70.7 cm³/mol. The van der Waals surface area contributed by atoms with Crippen molar-refractivity contribution in [2.45, 2.75) is 12.5 Å². The first-order valence-corrected chi connectivity index (χ1v) is 6.37. The molecule has 1 aliphatic heterocycles. The van der Waals surface area contributed by atoms with Gasteiger partial charge in [0.2, 0.25) is 11.8 Å². The Bertz CT molecular complexity index is 493. The Morgan fingerprint density at radius 3 is 2.95 bits per heavy atom. The second-order valence-corrected chi connectivity index (χ2v) is 4.84. The summed E-state index contributed by atoms with van der Waals surface area (Å²) in [6.07, 6.45) is -0.455. The molecule has 2 amide bonds. The number of nitrogens with zero attached hydrogens (tertiary/aromatic N) is 1. The summed E-state index contributed by atoms with van der Waals surface area (Å²) in [6.45, 7) is 1.02. The molecule has 19 heavy (non-hydrogen) atoms. The van der Waals surface area contributed by atoms with Crippen molar-refractivity contribution in [2.24, 2.45) is 5.73 Å². The van der Waals surface area contributed by atoms with Crippen molar-refractivity contribution < 1.29 is 14.3 Å². The molecule has 102 valence electrons. The maximum absolute atomic E-state index is 12.1. The SMILES string of the molecule is NC(=O)C1CN(C(=O)Cc2cccc(Cl)c2)CCO1. The summed E-state index contributed by atoms with van der Waals surface area (Å²) in [5.41, 5.74) is 6.03. The number of carbonyl (C=O) groups is 2. The van der Waals surface area contributed by atoms with Crippen LogP contribution in [0.4, 0.5) is 0 Å². The van der Waals surface area contributed by atoms with Crippen molar-refractivity contribution in [1.82, 2.24) is 4.90 Å². The van der Waals surface area contributed by atoms with E-state index in [0.29, 0.717) is 18.2 Å². The maximum Gasteiger partial charge on any atom is 0.248 e. The lowest BCUT2D eigenvalue weighted by Crippen LogP contribution is -2.50. The fourth-order valence-electron chi connectivity index (χ4n) is 1.98. The Morgan fingerprint density at radius 1 is 1.47 bits per heavy atom. The fourth-order valence-corrected chi connectivity index (χ4v) is 2.19. The van der Waals surface area contributed by atoms with Crippen LogP contribution in [0.3, 0.4) is 0 Å². The number of primary amides is 1. The number of ether oxygens (including phenoxy) is 1. The summed E-state index contributed by atoms with van der Waals surface area (Å²) >= 11 is 5.87. The molecule has 1 aliphatic rings. The molecule has 1 aromatic carbocycles. The van der Waals surface area contributed by atoms with Crippen molar-refractivity contribution >= 4 is 23.4 Å². The molecular formula is C13H15ClN2O3. The van der Waals surface area contributed by atoms with E-state index in [2.05, 4.69) is 0 Å². The molecule has 0 aromatic heterocycles. The molecule has 1 atom stereocenters. The molecule has 6 heteroatoms. The standard InChI is InChI=1S/C13H15ClN2O3/c14-10-3-1-2-9(6-10)7-12(17)16-4-5-19-11(8-16)13(15)18/h1-3,6,11H,4-5,7-8H2,(H2,15,18). The normalized spacial score (nSPS) is 19.2. The third kappa shape index (κ3) is 3.68. The highest BCUT2D eigenvalue weighted by atomic mass is 35.5. The Hall–Kier alpha value is -1.59. The average molecular weight is 283 g/mol. The van der Waals surface area contributed by atoms with Crippen LogP contribution in [0.1, 0.15) is 5.56 Å². The van der Waals surface area contributed by atoms with E-state index in [1.54, 1.807) is 23.1 Å². The molecule has 1 saturated heterocycles. The highest BCUT2D eigenvalue weighted by Crippen LogP contribution is 2.13. The monoisotopic (exact) mass is 282 g/mol. The molecule has 0 saturated carbocycles. The van der Waals surface area contributed by atoms with Crippen LogP contribution in [-0.2, 0) is 20.7 Å². The molecule has 1 aromatic rings. The lowest BCUT2D eigenvalue weighted by Gasteiger charge is -2.31. The van der Waals surface area contributed by atoms with E-state index in [4.69, 9.17) is 22.1 Å². The van der Waals surface area contributed by atoms with Crippen LogP contribution in [0.2, 0.25) is 5.02 Å². The van der Waals surface area contributed by atoms with Gasteiger partial charge in [0.05, 0.1) is 19.6 Å². The minimum absolute atomic E-state index is 0.0585. The molecule has 2 rings (SSSR count). The number of benzene rings is 1. The van der Waals surface area contributed by atoms with Gasteiger partial charge >= 0.3 is 0 Å². The lowest BCUT2D eigenvalue weighted by molar-refractivity contribution is -0.145. The number of hydrogen-bond donors (Lipinski definition) is 1. The number of halogens is 1. The van der Waals surface area contributed by atoms with Gasteiger partial charge in [0, 0.05) is 11.6 Å². The number of hydrogen-bond acceptors (Lipinski definition) is 3. The van der Waals surface area contributed by atoms with Crippen LogP contribution in [0, 0.1) is 0 Å². The molecule has 1 unspecified atom stereocenters. The van der Waals surface area contributed by atoms with Crippen LogP contribution in [0.25, 0.3) is 0 Å². The van der Waals surface area contributed by atoms with E-state index in [1.807, 2.05) is 6.07 Å². The van der Waals surface area contributed by atoms with Gasteiger partial charge in [0.25, 0.3) is 0 Å². The van der Waals surface area contributed by atoms with Crippen LogP contribution >= 0.6 is 11.6 Å². The Kier molecular flexibility index (Phi) is 4.39. The minimum Gasteiger partial charge on any atom is -0.367 e. The molecule has 0 radical (unpaired) electrons. The fraction of sp³-hybridized carbons (Fsp3) is 0.385. The Labute approximate surface area is 116 Å². The van der Waals surface area contributed by atoms with Gasteiger partial charge in [-0.3, -0.25) is 9.59 Å². The van der Waals surface area contributed by atoms with E-state index < -0.39 is 12.0 Å². The summed E-state index contributed by atoms with van der Waals surface area (Å²) in [4.78, 5) is 24.8. The zero-order chi connectivity index (χ0) is 13.8. The molecule has 5 nitrogen and oxygen atoms in total. The van der Waals surface area contributed by atoms with Crippen molar-refractivity contribution in [3.8, 4) is 0 Å². The first-order valence-electron chi connectivity index (χ1n) is 5.99. The largest absolute Gasteiger partial charge is 0.367 e. The van der Waals surface area contributed by atoms with Crippen molar-refractivity contribution in [2.75, 3.05) is 19.7 Å². The van der Waals surface area contributed by atoms with Crippen LogP contribution in [-0.4, -0.2) is 42.5 Å². The van der Waals surface area contributed by atoms with E-state index in [1.165, 1.54) is 0 Å². The number of nitrogens with two attached hydrogens (primary N) is 1. The third-order valence-electron chi connectivity index (χ3n) is 2.98. The van der Waals surface area contributed by atoms with Gasteiger partial charge in [-0.1, -0.05) is 23.7 Å². The van der Waals surface area contributed by atoms with Gasteiger partial charge in [-0.05, 0) is 17.7 Å². The molecule has 1 heterocycles. The zero-order valence-corrected chi connectivity index (χ0v) is 11.1. The second-order valence-electron chi connectivity index (χ2n) is 4.41. The van der Waals surface area contributed by atoms with Gasteiger partial charge in [0.1, 0.15) is 0 Å². The molecule has 0 aliphatic carbocycles. The quantitative estimate of drug-likeness (QED) is 0.882. The lowest BCUT2D eigenvalue weighted by atomic mass is 10.1. The Balaban J connectivity index is 1.98. The van der Waals surface area contributed by atoms with E-state index in [9.17, 15) is 9.59 Å². The smallest absolute Gasteiger partial charge is 0.248 e. The summed E-state index contributed by atoms with van der Waals surface area (Å²) in [5, 5.41) is 0.599. The average Bonchev–Trinajstić information content (AvgIpc) is 2.39. The number of amides is 2. The van der Waals surface area contributed by atoms with Gasteiger partial charge in [-0.2, -0.15) is 0 Å². The number of rotatable bonds is 3. The van der Waals surface area contributed by atoms with Crippen molar-refractivity contribution in [3.63, 3.8) is 0 Å². The van der Waals surface area contributed by atoms with E-state index in [-0.39, 0.29) is 18.9 Å². The maximum atomic E-state index is 12.1. The first kappa shape index (κ1) is 13.8. The highest BCUT2D eigenvalue weighted by Gasteiger charge is 2.27. The van der Waals surface area contributed by atoms with Crippen molar-refractivity contribution in [1.29, 1.82) is 0 Å². The molecule has 0 bridgehead atoms. The van der Waals surface area contributed by atoms with Gasteiger partial charge in [0.15, 0.2) is 6.10 Å². The number of carbonyl (C=O) groups excluding carboxylic acids is 2. The highest BCUT2D eigenvalue weighted by molar-refractivity contribution is 6.30. The summed E-state index contributed by atoms with van der Waals surface area (Å²) in [7, 11) is 0. The minimum atomic E-state index is -0.711. The predicted octanol–water partition coefficient (Wildman–Crippen LogP) is 0.595. The molecular weight excluding hydrogens is 268 g/mol. The second kappa shape index (κ2) is 6.04. The topological polar surface area (TPSA) is 72.6 Å². The van der Waals surface area contributed by atoms with E-state index in [0.717, 1.165) is 5.56 Å². The summed E-state index contributed by atoms with van der Waals surface area (Å²) in [5.74, 6) is -0.600. The van der Waals surface area contributed by atoms with E-state index >= 15 is 0 Å². The van der Waals surface area contributed by atoms with Gasteiger partial charge < -0.3 is 15.4 Å². The van der Waals surface area contributed by atoms with Gasteiger partial charge in [-0.25, -0.2) is 0 Å². The van der Waals surface area contributed by atoms with Gasteiger partial charge in [-0.15, -0.1) is 0 Å².